The van der Waals surface area contributed by atoms with Gasteiger partial charge in [-0.15, -0.1) is 11.3 Å². The van der Waals surface area contributed by atoms with Gasteiger partial charge in [-0.25, -0.2) is 9.78 Å². The number of ether oxygens (including phenoxy) is 2. The van der Waals surface area contributed by atoms with Crippen LogP contribution in [0.3, 0.4) is 0 Å². The molecule has 2 N–H and O–H groups in total. The largest absolute Gasteiger partial charge is 0.497 e. The van der Waals surface area contributed by atoms with Crippen LogP contribution in [-0.2, 0) is 4.74 Å². The number of hydrogen-bond acceptors (Lipinski definition) is 6. The average molecular weight is 266 g/mol. The predicted molar refractivity (Wildman–Crippen MR) is 70.1 cm³/mol. The van der Waals surface area contributed by atoms with Gasteiger partial charge >= 0.3 is 5.97 Å². The van der Waals surface area contributed by atoms with Gasteiger partial charge in [0.2, 0.25) is 5.01 Å². The minimum absolute atomic E-state index is 0.177. The molecule has 0 aliphatic rings. The van der Waals surface area contributed by atoms with Gasteiger partial charge in [-0.1, -0.05) is 0 Å². The molecule has 2 aromatic rings. The molecule has 0 radical (unpaired) electrons. The maximum Gasteiger partial charge on any atom is 0.367 e. The van der Waals surface area contributed by atoms with Crippen LogP contribution in [0.2, 0.25) is 0 Å². The van der Waals surface area contributed by atoms with Gasteiger partial charge in [-0.3, -0.25) is 0 Å². The number of nitrogens with zero attached hydrogens (tertiary/aromatic N) is 1. The lowest BCUT2D eigenvalue weighted by atomic mass is 10.3. The van der Waals surface area contributed by atoms with Crippen LogP contribution in [0.15, 0.2) is 18.2 Å². The van der Waals surface area contributed by atoms with Crippen LogP contribution in [-0.4, -0.2) is 30.7 Å². The lowest BCUT2D eigenvalue weighted by Crippen LogP contribution is -2.23. The maximum absolute atomic E-state index is 11.7. The Bertz CT molecular complexity index is 565. The minimum Gasteiger partial charge on any atom is -0.497 e. The fourth-order valence-corrected chi connectivity index (χ4v) is 2.28. The Labute approximate surface area is 109 Å². The van der Waals surface area contributed by atoms with Crippen molar-refractivity contribution in [2.75, 3.05) is 13.7 Å². The molecule has 6 heteroatoms. The minimum atomic E-state index is -0.438. The van der Waals surface area contributed by atoms with Crippen molar-refractivity contribution in [2.45, 2.75) is 13.0 Å². The zero-order valence-corrected chi connectivity index (χ0v) is 11.0. The fraction of sp³-hybridized carbons (Fsp3) is 0.333. The number of aromatic nitrogens is 1. The third kappa shape index (κ3) is 2.77. The van der Waals surface area contributed by atoms with Crippen LogP contribution in [0.1, 0.15) is 16.7 Å². The highest BCUT2D eigenvalue weighted by Crippen LogP contribution is 2.26. The molecule has 0 bridgehead atoms. The Morgan fingerprint density at radius 2 is 2.33 bits per heavy atom. The number of thiazole rings is 1. The van der Waals surface area contributed by atoms with Crippen LogP contribution in [0.5, 0.6) is 5.75 Å². The van der Waals surface area contributed by atoms with Crippen molar-refractivity contribution in [3.63, 3.8) is 0 Å². The van der Waals surface area contributed by atoms with Crippen molar-refractivity contribution < 1.29 is 14.3 Å². The van der Waals surface area contributed by atoms with E-state index in [1.807, 2.05) is 12.1 Å². The number of hydrogen-bond donors (Lipinski definition) is 1. The van der Waals surface area contributed by atoms with Gasteiger partial charge in [0.25, 0.3) is 0 Å². The monoisotopic (exact) mass is 266 g/mol. The Morgan fingerprint density at radius 1 is 1.56 bits per heavy atom. The zero-order valence-electron chi connectivity index (χ0n) is 10.2. The van der Waals surface area contributed by atoms with Gasteiger partial charge in [0, 0.05) is 6.04 Å². The summed E-state index contributed by atoms with van der Waals surface area (Å²) < 4.78 is 11.0. The molecule has 1 aromatic carbocycles. The number of carbonyl (C=O) groups excluding carboxylic acids is 1. The molecule has 96 valence electrons. The van der Waals surface area contributed by atoms with E-state index in [9.17, 15) is 4.79 Å². The molecule has 0 fully saturated rings. The molecule has 0 aliphatic carbocycles. The number of nitrogens with two attached hydrogens (primary N) is 1. The summed E-state index contributed by atoms with van der Waals surface area (Å²) in [5.41, 5.74) is 6.28. The van der Waals surface area contributed by atoms with Crippen LogP contribution in [0.25, 0.3) is 10.2 Å². The summed E-state index contributed by atoms with van der Waals surface area (Å²) in [7, 11) is 1.60. The summed E-state index contributed by atoms with van der Waals surface area (Å²) >= 11 is 1.28. The van der Waals surface area contributed by atoms with Crippen molar-refractivity contribution in [1.29, 1.82) is 0 Å². The topological polar surface area (TPSA) is 74.4 Å². The molecule has 0 saturated heterocycles. The van der Waals surface area contributed by atoms with Crippen molar-refractivity contribution in [2.24, 2.45) is 5.73 Å². The summed E-state index contributed by atoms with van der Waals surface area (Å²) in [5.74, 6) is 0.300. The SMILES string of the molecule is COc1ccc2nc(C(=O)OCC(C)N)sc2c1. The molecule has 0 saturated carbocycles. The number of carbonyl (C=O) groups is 1. The molecular weight excluding hydrogens is 252 g/mol. The van der Waals surface area contributed by atoms with E-state index in [0.717, 1.165) is 16.0 Å². The van der Waals surface area contributed by atoms with E-state index < -0.39 is 5.97 Å². The van der Waals surface area contributed by atoms with E-state index >= 15 is 0 Å². The summed E-state index contributed by atoms with van der Waals surface area (Å²) in [6.07, 6.45) is 0. The van der Waals surface area contributed by atoms with Crippen LogP contribution in [0, 0.1) is 0 Å². The standard InChI is InChI=1S/C12H14N2O3S/c1-7(13)6-17-12(15)11-14-9-4-3-8(16-2)5-10(9)18-11/h3-5,7H,6,13H2,1-2H3. The molecule has 2 rings (SSSR count). The zero-order chi connectivity index (χ0) is 13.1. The van der Waals surface area contributed by atoms with E-state index in [4.69, 9.17) is 15.2 Å². The molecule has 1 aromatic heterocycles. The number of methoxy groups -OCH3 is 1. The summed E-state index contributed by atoms with van der Waals surface area (Å²) in [6, 6.07) is 5.28. The molecule has 5 nitrogen and oxygen atoms in total. The van der Waals surface area contributed by atoms with E-state index in [1.165, 1.54) is 11.3 Å². The third-order valence-corrected chi connectivity index (χ3v) is 3.25. The molecule has 1 heterocycles. The predicted octanol–water partition coefficient (Wildman–Crippen LogP) is 1.81. The molecule has 0 amide bonds. The number of benzene rings is 1. The number of rotatable bonds is 4. The fourth-order valence-electron chi connectivity index (χ4n) is 1.39. The highest BCUT2D eigenvalue weighted by atomic mass is 32.1. The summed E-state index contributed by atoms with van der Waals surface area (Å²) in [5, 5.41) is 0.332. The normalized spacial score (nSPS) is 12.4. The highest BCUT2D eigenvalue weighted by molar-refractivity contribution is 7.20. The quantitative estimate of drug-likeness (QED) is 0.854. The van der Waals surface area contributed by atoms with Gasteiger partial charge in [0.1, 0.15) is 12.4 Å². The molecule has 1 atom stereocenters. The van der Waals surface area contributed by atoms with Crippen molar-refractivity contribution >= 4 is 27.5 Å². The van der Waals surface area contributed by atoms with E-state index in [1.54, 1.807) is 20.1 Å². The second kappa shape index (κ2) is 5.32. The van der Waals surface area contributed by atoms with Crippen LogP contribution < -0.4 is 10.5 Å². The maximum atomic E-state index is 11.7. The van der Waals surface area contributed by atoms with E-state index in [0.29, 0.717) is 5.01 Å². The Kier molecular flexibility index (Phi) is 3.78. The molecule has 1 unspecified atom stereocenters. The lowest BCUT2D eigenvalue weighted by Gasteiger charge is -2.04. The molecule has 0 spiro atoms. The number of esters is 1. The van der Waals surface area contributed by atoms with E-state index in [2.05, 4.69) is 4.98 Å². The first-order valence-corrected chi connectivity index (χ1v) is 6.29. The smallest absolute Gasteiger partial charge is 0.367 e. The van der Waals surface area contributed by atoms with Gasteiger partial charge < -0.3 is 15.2 Å². The average Bonchev–Trinajstić information content (AvgIpc) is 2.78. The van der Waals surface area contributed by atoms with Gasteiger partial charge in [-0.05, 0) is 25.1 Å². The highest BCUT2D eigenvalue weighted by Gasteiger charge is 2.14. The van der Waals surface area contributed by atoms with Crippen molar-refractivity contribution in [1.82, 2.24) is 4.98 Å². The first-order chi connectivity index (χ1) is 8.60. The first kappa shape index (κ1) is 12.8. The second-order valence-corrected chi connectivity index (χ2v) is 4.96. The Balaban J connectivity index is 2.21. The van der Waals surface area contributed by atoms with Crippen LogP contribution >= 0.6 is 11.3 Å². The molecular formula is C12H14N2O3S. The summed E-state index contributed by atoms with van der Waals surface area (Å²) in [6.45, 7) is 1.97. The van der Waals surface area contributed by atoms with Gasteiger partial charge in [-0.2, -0.15) is 0 Å². The van der Waals surface area contributed by atoms with Crippen molar-refractivity contribution in [3.8, 4) is 5.75 Å². The summed E-state index contributed by atoms with van der Waals surface area (Å²) in [4.78, 5) is 15.9. The molecule has 0 aliphatic heterocycles. The third-order valence-electron chi connectivity index (χ3n) is 2.25. The lowest BCUT2D eigenvalue weighted by molar-refractivity contribution is 0.0487. The van der Waals surface area contributed by atoms with Gasteiger partial charge in [0.15, 0.2) is 0 Å². The second-order valence-electron chi connectivity index (χ2n) is 3.93. The number of fused-ring (bicyclic) bond motifs is 1. The van der Waals surface area contributed by atoms with E-state index in [-0.39, 0.29) is 12.6 Å². The first-order valence-electron chi connectivity index (χ1n) is 5.47. The van der Waals surface area contributed by atoms with Crippen LogP contribution in [0.4, 0.5) is 0 Å². The Morgan fingerprint density at radius 3 is 3.00 bits per heavy atom. The molecule has 18 heavy (non-hydrogen) atoms. The van der Waals surface area contributed by atoms with Gasteiger partial charge in [0.05, 0.1) is 17.3 Å². The Hall–Kier alpha value is -1.66. The van der Waals surface area contributed by atoms with Crippen molar-refractivity contribution in [3.05, 3.63) is 23.2 Å².